The molecule has 6 nitrogen and oxygen atoms in total. The van der Waals surface area contributed by atoms with E-state index in [0.717, 1.165) is 37.8 Å². The molecular weight excluding hydrogens is 376 g/mol. The summed E-state index contributed by atoms with van der Waals surface area (Å²) in [5.74, 6) is -0.784. The Hall–Kier alpha value is -2.48. The average molecular weight is 394 g/mol. The number of hydrogen-bond donors (Lipinski definition) is 1. The van der Waals surface area contributed by atoms with E-state index in [1.165, 1.54) is 24.4 Å². The second-order valence-electron chi connectivity index (χ2n) is 6.54. The first-order valence-corrected chi connectivity index (χ1v) is 9.15. The van der Waals surface area contributed by atoms with Crippen LogP contribution in [0.3, 0.4) is 0 Å². The molecule has 1 saturated carbocycles. The van der Waals surface area contributed by atoms with Crippen molar-refractivity contribution in [1.29, 1.82) is 0 Å². The van der Waals surface area contributed by atoms with Crippen LogP contribution in [0.5, 0.6) is 5.75 Å². The number of methoxy groups -OCH3 is 1. The Morgan fingerprint density at radius 1 is 1.19 bits per heavy atom. The van der Waals surface area contributed by atoms with E-state index in [-0.39, 0.29) is 33.8 Å². The molecule has 1 aliphatic rings. The van der Waals surface area contributed by atoms with Crippen molar-refractivity contribution < 1.29 is 13.5 Å². The van der Waals surface area contributed by atoms with Gasteiger partial charge >= 0.3 is 0 Å². The second-order valence-corrected chi connectivity index (χ2v) is 6.90. The third-order valence-electron chi connectivity index (χ3n) is 4.84. The van der Waals surface area contributed by atoms with Crippen LogP contribution in [0.1, 0.15) is 32.1 Å². The summed E-state index contributed by atoms with van der Waals surface area (Å²) in [6.07, 6.45) is 6.72. The van der Waals surface area contributed by atoms with Crippen molar-refractivity contribution in [2.24, 2.45) is 0 Å². The lowest BCUT2D eigenvalue weighted by atomic mass is 9.95. The molecule has 27 heavy (non-hydrogen) atoms. The maximum atomic E-state index is 14.8. The topological polar surface area (TPSA) is 64.3 Å². The van der Waals surface area contributed by atoms with Crippen LogP contribution >= 0.6 is 11.6 Å². The van der Waals surface area contributed by atoms with Gasteiger partial charge in [0.1, 0.15) is 23.1 Å². The van der Waals surface area contributed by atoms with Crippen LogP contribution < -0.4 is 10.1 Å². The Labute approximate surface area is 159 Å². The molecule has 9 heteroatoms. The molecule has 0 atom stereocenters. The van der Waals surface area contributed by atoms with Gasteiger partial charge in [-0.1, -0.05) is 30.9 Å². The Bertz CT molecular complexity index is 988. The minimum atomic E-state index is -0.688. The van der Waals surface area contributed by atoms with E-state index < -0.39 is 11.6 Å². The minimum Gasteiger partial charge on any atom is -0.494 e. The van der Waals surface area contributed by atoms with Gasteiger partial charge in [0.15, 0.2) is 11.6 Å². The number of anilines is 1. The second kappa shape index (κ2) is 7.26. The molecule has 1 N–H and O–H groups in total. The van der Waals surface area contributed by atoms with Crippen molar-refractivity contribution in [3.05, 3.63) is 35.2 Å². The lowest BCUT2D eigenvalue weighted by Crippen LogP contribution is -2.24. The lowest BCUT2D eigenvalue weighted by Gasteiger charge is -2.25. The fourth-order valence-electron chi connectivity index (χ4n) is 3.51. The molecule has 1 aliphatic carbocycles. The molecule has 3 aromatic rings. The first-order valence-electron chi connectivity index (χ1n) is 8.77. The summed E-state index contributed by atoms with van der Waals surface area (Å²) in [5.41, 5.74) is 0.237. The van der Waals surface area contributed by atoms with Gasteiger partial charge in [-0.2, -0.15) is 19.6 Å². The number of rotatable bonds is 4. The normalized spacial score (nSPS) is 15.3. The van der Waals surface area contributed by atoms with Gasteiger partial charge < -0.3 is 10.1 Å². The number of fused-ring (bicyclic) bond motifs is 1. The molecule has 0 unspecified atom stereocenters. The van der Waals surface area contributed by atoms with E-state index >= 15 is 0 Å². The van der Waals surface area contributed by atoms with Crippen molar-refractivity contribution in [2.45, 2.75) is 38.1 Å². The van der Waals surface area contributed by atoms with Crippen LogP contribution in [0.4, 0.5) is 14.6 Å². The van der Waals surface area contributed by atoms with E-state index in [2.05, 4.69) is 20.4 Å². The van der Waals surface area contributed by atoms with Crippen LogP contribution in [0.15, 0.2) is 18.5 Å². The molecule has 0 bridgehead atoms. The van der Waals surface area contributed by atoms with Crippen molar-refractivity contribution in [2.75, 3.05) is 12.4 Å². The zero-order valence-electron chi connectivity index (χ0n) is 14.7. The molecule has 0 aliphatic heterocycles. The summed E-state index contributed by atoms with van der Waals surface area (Å²) in [5, 5.41) is 7.61. The molecule has 1 fully saturated rings. The molecule has 142 valence electrons. The van der Waals surface area contributed by atoms with Gasteiger partial charge in [-0.25, -0.2) is 8.78 Å². The fourth-order valence-corrected chi connectivity index (χ4v) is 3.77. The largest absolute Gasteiger partial charge is 0.494 e. The number of ether oxygens (including phenoxy) is 1. The molecule has 0 saturated heterocycles. The van der Waals surface area contributed by atoms with E-state index in [9.17, 15) is 8.78 Å². The summed E-state index contributed by atoms with van der Waals surface area (Å²) in [6.45, 7) is 0. The fraction of sp³-hybridized carbons (Fsp3) is 0.389. The van der Waals surface area contributed by atoms with Crippen molar-refractivity contribution in [3.8, 4) is 16.9 Å². The van der Waals surface area contributed by atoms with E-state index in [1.54, 1.807) is 0 Å². The number of hydrogen-bond acceptors (Lipinski definition) is 5. The van der Waals surface area contributed by atoms with Gasteiger partial charge in [0.05, 0.1) is 12.7 Å². The summed E-state index contributed by atoms with van der Waals surface area (Å²) < 4.78 is 35.4. The van der Waals surface area contributed by atoms with Gasteiger partial charge in [-0.15, -0.1) is 0 Å². The highest BCUT2D eigenvalue weighted by molar-refractivity contribution is 6.33. The average Bonchev–Trinajstić information content (AvgIpc) is 3.13. The molecular formula is C18H18ClF2N5O. The summed E-state index contributed by atoms with van der Waals surface area (Å²) in [7, 11) is 1.28. The Kier molecular flexibility index (Phi) is 4.82. The third-order valence-corrected chi connectivity index (χ3v) is 5.11. The van der Waals surface area contributed by atoms with E-state index in [1.807, 2.05) is 0 Å². The van der Waals surface area contributed by atoms with E-state index in [0.29, 0.717) is 5.82 Å². The van der Waals surface area contributed by atoms with E-state index in [4.69, 9.17) is 16.3 Å². The number of nitrogens with one attached hydrogen (secondary N) is 1. The van der Waals surface area contributed by atoms with Crippen LogP contribution in [0, 0.1) is 11.6 Å². The van der Waals surface area contributed by atoms with Gasteiger partial charge in [-0.3, -0.25) is 0 Å². The molecule has 0 amide bonds. The number of nitrogens with zero attached hydrogens (tertiary/aromatic N) is 4. The molecule has 2 heterocycles. The van der Waals surface area contributed by atoms with Crippen LogP contribution in [0.25, 0.3) is 16.9 Å². The van der Waals surface area contributed by atoms with Gasteiger partial charge in [0, 0.05) is 17.7 Å². The summed E-state index contributed by atoms with van der Waals surface area (Å²) >= 11 is 6.36. The molecule has 4 rings (SSSR count). The SMILES string of the molecule is COc1cc(F)c(-c2c(Cl)nc3ncnn3c2NC2CCCCC2)cc1F. The quantitative estimate of drug-likeness (QED) is 0.662. The highest BCUT2D eigenvalue weighted by Crippen LogP contribution is 2.38. The van der Waals surface area contributed by atoms with Gasteiger partial charge in [0.25, 0.3) is 5.78 Å². The Morgan fingerprint density at radius 2 is 1.96 bits per heavy atom. The number of halogens is 3. The summed E-state index contributed by atoms with van der Waals surface area (Å²) in [6, 6.07) is 2.25. The van der Waals surface area contributed by atoms with Crippen molar-refractivity contribution >= 4 is 23.2 Å². The first-order chi connectivity index (χ1) is 13.1. The number of benzene rings is 1. The number of aromatic nitrogens is 4. The van der Waals surface area contributed by atoms with Crippen molar-refractivity contribution in [1.82, 2.24) is 19.6 Å². The lowest BCUT2D eigenvalue weighted by molar-refractivity contribution is 0.383. The first kappa shape index (κ1) is 17.9. The molecule has 1 aromatic carbocycles. The van der Waals surface area contributed by atoms with Crippen LogP contribution in [-0.4, -0.2) is 32.7 Å². The predicted octanol–water partition coefficient (Wildman–Crippen LogP) is 4.48. The Morgan fingerprint density at radius 3 is 2.70 bits per heavy atom. The van der Waals surface area contributed by atoms with Gasteiger partial charge in [-0.05, 0) is 18.9 Å². The third kappa shape index (κ3) is 3.29. The van der Waals surface area contributed by atoms with Gasteiger partial charge in [0.2, 0.25) is 0 Å². The highest BCUT2D eigenvalue weighted by atomic mass is 35.5. The standard InChI is InChI=1S/C18H18ClF2N5O/c1-27-14-8-12(20)11(7-13(14)21)15-16(19)25-18-22-9-23-26(18)17(15)24-10-5-3-2-4-6-10/h7-10,24H,2-6H2,1H3. The zero-order valence-corrected chi connectivity index (χ0v) is 15.4. The van der Waals surface area contributed by atoms with Crippen molar-refractivity contribution in [3.63, 3.8) is 0 Å². The highest BCUT2D eigenvalue weighted by Gasteiger charge is 2.24. The predicted molar refractivity (Wildman–Crippen MR) is 98.2 cm³/mol. The van der Waals surface area contributed by atoms with Crippen LogP contribution in [0.2, 0.25) is 5.15 Å². The maximum Gasteiger partial charge on any atom is 0.255 e. The monoisotopic (exact) mass is 393 g/mol. The molecule has 0 spiro atoms. The zero-order chi connectivity index (χ0) is 19.0. The maximum absolute atomic E-state index is 14.8. The summed E-state index contributed by atoms with van der Waals surface area (Å²) in [4.78, 5) is 8.24. The molecule has 2 aromatic heterocycles. The Balaban J connectivity index is 1.90. The smallest absolute Gasteiger partial charge is 0.255 e. The van der Waals surface area contributed by atoms with Crippen LogP contribution in [-0.2, 0) is 0 Å². The molecule has 0 radical (unpaired) electrons. The minimum absolute atomic E-state index is 0.0125.